The van der Waals surface area contributed by atoms with Gasteiger partial charge in [-0.05, 0) is 24.3 Å². The van der Waals surface area contributed by atoms with Crippen molar-refractivity contribution < 1.29 is 0 Å². The van der Waals surface area contributed by atoms with Crippen LogP contribution in [0.1, 0.15) is 23.6 Å². The molecule has 2 rings (SSSR count). The molecular weight excluding hydrogens is 216 g/mol. The number of nitrogens with zero attached hydrogens (tertiary/aromatic N) is 1. The van der Waals surface area contributed by atoms with Crippen molar-refractivity contribution in [2.45, 2.75) is 19.4 Å². The first-order valence-electron chi connectivity index (χ1n) is 5.25. The summed E-state index contributed by atoms with van der Waals surface area (Å²) in [4.78, 5) is 0. The molecule has 1 unspecified atom stereocenters. The van der Waals surface area contributed by atoms with E-state index in [1.54, 1.807) is 11.8 Å². The summed E-state index contributed by atoms with van der Waals surface area (Å²) in [5, 5.41) is 13.5. The molecule has 0 fully saturated rings. The quantitative estimate of drug-likeness (QED) is 0.848. The first kappa shape index (κ1) is 11.1. The zero-order valence-corrected chi connectivity index (χ0v) is 10.3. The fraction of sp³-hybridized carbons (Fsp3) is 0.308. The second kappa shape index (κ2) is 4.63. The maximum atomic E-state index is 9.04. The Morgan fingerprint density at radius 1 is 1.44 bits per heavy atom. The molecule has 0 spiro atoms. The number of nitriles is 1. The number of aryl methyl sites for hydroxylation is 1. The van der Waals surface area contributed by atoms with Gasteiger partial charge in [0.15, 0.2) is 0 Å². The zero-order chi connectivity index (χ0) is 11.5. The molecule has 0 saturated heterocycles. The van der Waals surface area contributed by atoms with E-state index < -0.39 is 0 Å². The van der Waals surface area contributed by atoms with Crippen molar-refractivity contribution in [3.8, 4) is 6.07 Å². The van der Waals surface area contributed by atoms with E-state index in [1.807, 2.05) is 18.4 Å². The smallest absolute Gasteiger partial charge is 0.0975 e. The molecule has 1 aromatic rings. The minimum absolute atomic E-state index is 0.262. The van der Waals surface area contributed by atoms with E-state index in [9.17, 15) is 0 Å². The standard InChI is InChI=1S/C13H14N2S/c1-9-5-3-4-6-11(9)12-7-10(8-14)13(15-12)16-2/h3-6,12,15H,7H2,1-2H3. The van der Waals surface area contributed by atoms with Crippen molar-refractivity contribution in [2.24, 2.45) is 0 Å². The third-order valence-corrected chi connectivity index (χ3v) is 3.66. The first-order chi connectivity index (χ1) is 7.76. The molecule has 16 heavy (non-hydrogen) atoms. The van der Waals surface area contributed by atoms with Gasteiger partial charge in [-0.1, -0.05) is 24.3 Å². The van der Waals surface area contributed by atoms with E-state index in [0.717, 1.165) is 17.0 Å². The van der Waals surface area contributed by atoms with Gasteiger partial charge < -0.3 is 5.32 Å². The largest absolute Gasteiger partial charge is 0.372 e. The molecule has 0 amide bonds. The molecule has 0 aliphatic carbocycles. The lowest BCUT2D eigenvalue weighted by atomic mass is 9.99. The summed E-state index contributed by atoms with van der Waals surface area (Å²) < 4.78 is 0. The fourth-order valence-corrected chi connectivity index (χ4v) is 2.67. The maximum Gasteiger partial charge on any atom is 0.0975 e. The van der Waals surface area contributed by atoms with E-state index in [1.165, 1.54) is 11.1 Å². The van der Waals surface area contributed by atoms with Crippen LogP contribution in [0, 0.1) is 18.3 Å². The van der Waals surface area contributed by atoms with Gasteiger partial charge in [-0.25, -0.2) is 0 Å². The molecule has 1 aromatic carbocycles. The third-order valence-electron chi connectivity index (χ3n) is 2.89. The molecule has 1 N–H and O–H groups in total. The van der Waals surface area contributed by atoms with Crippen LogP contribution in [0.3, 0.4) is 0 Å². The Hall–Kier alpha value is -1.40. The number of hydrogen-bond donors (Lipinski definition) is 1. The second-order valence-electron chi connectivity index (χ2n) is 3.88. The van der Waals surface area contributed by atoms with Gasteiger partial charge in [0, 0.05) is 6.42 Å². The minimum atomic E-state index is 0.262. The van der Waals surface area contributed by atoms with Crippen LogP contribution in [-0.4, -0.2) is 6.26 Å². The van der Waals surface area contributed by atoms with Gasteiger partial charge in [-0.15, -0.1) is 11.8 Å². The van der Waals surface area contributed by atoms with Gasteiger partial charge in [0.05, 0.1) is 22.7 Å². The summed E-state index contributed by atoms with van der Waals surface area (Å²) in [5.74, 6) is 0. The highest BCUT2D eigenvalue weighted by molar-refractivity contribution is 8.02. The Balaban J connectivity index is 2.24. The SMILES string of the molecule is CSC1=C(C#N)CC(c2ccccc2C)N1. The Bertz CT molecular complexity index is 471. The lowest BCUT2D eigenvalue weighted by Crippen LogP contribution is -2.13. The van der Waals surface area contributed by atoms with E-state index in [2.05, 4.69) is 30.4 Å². The van der Waals surface area contributed by atoms with Gasteiger partial charge in [0.2, 0.25) is 0 Å². The van der Waals surface area contributed by atoms with Crippen LogP contribution in [0.15, 0.2) is 34.9 Å². The van der Waals surface area contributed by atoms with E-state index in [4.69, 9.17) is 5.26 Å². The van der Waals surface area contributed by atoms with Crippen LogP contribution >= 0.6 is 11.8 Å². The number of nitrogens with one attached hydrogen (secondary N) is 1. The molecule has 0 radical (unpaired) electrons. The molecule has 82 valence electrons. The summed E-state index contributed by atoms with van der Waals surface area (Å²) in [6.45, 7) is 2.11. The third kappa shape index (κ3) is 1.94. The molecule has 0 saturated carbocycles. The molecule has 1 atom stereocenters. The highest BCUT2D eigenvalue weighted by atomic mass is 32.2. The summed E-state index contributed by atoms with van der Waals surface area (Å²) in [5.41, 5.74) is 3.44. The molecule has 1 aliphatic rings. The zero-order valence-electron chi connectivity index (χ0n) is 9.45. The second-order valence-corrected chi connectivity index (χ2v) is 4.70. The highest BCUT2D eigenvalue weighted by Crippen LogP contribution is 2.34. The first-order valence-corrected chi connectivity index (χ1v) is 6.48. The van der Waals surface area contributed by atoms with Crippen LogP contribution < -0.4 is 5.32 Å². The van der Waals surface area contributed by atoms with Gasteiger partial charge in [0.1, 0.15) is 0 Å². The van der Waals surface area contributed by atoms with Gasteiger partial charge in [0.25, 0.3) is 0 Å². The number of rotatable bonds is 2. The van der Waals surface area contributed by atoms with Crippen molar-refractivity contribution in [1.29, 1.82) is 5.26 Å². The number of thioether (sulfide) groups is 1. The summed E-state index contributed by atoms with van der Waals surface area (Å²) in [6.07, 6.45) is 2.80. The van der Waals surface area contributed by atoms with Gasteiger partial charge in [-0.2, -0.15) is 5.26 Å². The van der Waals surface area contributed by atoms with Crippen molar-refractivity contribution in [1.82, 2.24) is 5.32 Å². The molecule has 0 aromatic heterocycles. The average Bonchev–Trinajstić information content (AvgIpc) is 2.72. The Kier molecular flexibility index (Phi) is 3.21. The van der Waals surface area contributed by atoms with Crippen molar-refractivity contribution in [3.05, 3.63) is 46.0 Å². The molecule has 0 bridgehead atoms. The van der Waals surface area contributed by atoms with Crippen molar-refractivity contribution in [2.75, 3.05) is 6.26 Å². The molecule has 2 nitrogen and oxygen atoms in total. The Morgan fingerprint density at radius 3 is 2.75 bits per heavy atom. The predicted octanol–water partition coefficient (Wildman–Crippen LogP) is 3.13. The molecule has 3 heteroatoms. The van der Waals surface area contributed by atoms with Gasteiger partial charge in [-0.3, -0.25) is 0 Å². The van der Waals surface area contributed by atoms with Crippen molar-refractivity contribution in [3.63, 3.8) is 0 Å². The monoisotopic (exact) mass is 230 g/mol. The fourth-order valence-electron chi connectivity index (χ4n) is 2.04. The molecule has 1 heterocycles. The minimum Gasteiger partial charge on any atom is -0.372 e. The van der Waals surface area contributed by atoms with Crippen LogP contribution in [0.2, 0.25) is 0 Å². The summed E-state index contributed by atoms with van der Waals surface area (Å²) in [6, 6.07) is 10.9. The topological polar surface area (TPSA) is 35.8 Å². The Morgan fingerprint density at radius 2 is 2.19 bits per heavy atom. The average molecular weight is 230 g/mol. The van der Waals surface area contributed by atoms with Crippen LogP contribution in [0.25, 0.3) is 0 Å². The lowest BCUT2D eigenvalue weighted by Gasteiger charge is -2.15. The van der Waals surface area contributed by atoms with E-state index in [-0.39, 0.29) is 6.04 Å². The summed E-state index contributed by atoms with van der Waals surface area (Å²) in [7, 11) is 0. The molecular formula is C13H14N2S. The Labute approximate surface area is 100 Å². The van der Waals surface area contributed by atoms with Crippen LogP contribution in [0.4, 0.5) is 0 Å². The molecule has 1 aliphatic heterocycles. The maximum absolute atomic E-state index is 9.04. The number of benzene rings is 1. The van der Waals surface area contributed by atoms with Gasteiger partial charge >= 0.3 is 0 Å². The number of hydrogen-bond acceptors (Lipinski definition) is 3. The van der Waals surface area contributed by atoms with E-state index >= 15 is 0 Å². The normalized spacial score (nSPS) is 19.4. The van der Waals surface area contributed by atoms with Crippen LogP contribution in [-0.2, 0) is 0 Å². The van der Waals surface area contributed by atoms with Crippen molar-refractivity contribution >= 4 is 11.8 Å². The summed E-state index contributed by atoms with van der Waals surface area (Å²) >= 11 is 1.62. The lowest BCUT2D eigenvalue weighted by molar-refractivity contribution is 0.661. The highest BCUT2D eigenvalue weighted by Gasteiger charge is 2.24. The van der Waals surface area contributed by atoms with Crippen LogP contribution in [0.5, 0.6) is 0 Å². The predicted molar refractivity (Wildman–Crippen MR) is 67.8 cm³/mol. The van der Waals surface area contributed by atoms with E-state index in [0.29, 0.717) is 0 Å².